The molecule has 0 aliphatic rings. The first-order valence-corrected chi connectivity index (χ1v) is 16.7. The molecule has 0 aliphatic carbocycles. The zero-order valence-electron chi connectivity index (χ0n) is 24.6. The normalized spacial score (nSPS) is 13.8. The Balaban J connectivity index is 3.68. The molecule has 0 saturated heterocycles. The number of aliphatic hydroxyl groups excluding tert-OH is 1. The van der Waals surface area contributed by atoms with Gasteiger partial charge < -0.3 is 20.1 Å². The largest absolute Gasteiger partial charge is 0.472 e. The monoisotopic (exact) mass is 577 g/mol. The maximum atomic E-state index is 11.9. The van der Waals surface area contributed by atoms with Crippen LogP contribution in [0, 0.1) is 0 Å². The summed E-state index contributed by atoms with van der Waals surface area (Å²) < 4.78 is 26.5. The van der Waals surface area contributed by atoms with Crippen molar-refractivity contribution in [1.82, 2.24) is 5.32 Å². The number of esters is 1. The van der Waals surface area contributed by atoms with Crippen molar-refractivity contribution in [2.45, 2.75) is 136 Å². The number of allylic oxidation sites excluding steroid dienone is 2. The Morgan fingerprint density at radius 2 is 1.33 bits per heavy atom. The van der Waals surface area contributed by atoms with Crippen molar-refractivity contribution >= 4 is 19.7 Å². The van der Waals surface area contributed by atoms with Gasteiger partial charge in [-0.25, -0.2) is 4.57 Å². The topological polar surface area (TPSA) is 131 Å². The molecular formula is C29H56NO8P. The molecule has 0 rings (SSSR count). The van der Waals surface area contributed by atoms with E-state index < -0.39 is 26.5 Å². The van der Waals surface area contributed by atoms with E-state index in [-0.39, 0.29) is 32.1 Å². The molecule has 0 bridgehead atoms. The summed E-state index contributed by atoms with van der Waals surface area (Å²) in [5.41, 5.74) is 0. The van der Waals surface area contributed by atoms with Crippen LogP contribution in [-0.4, -0.2) is 54.3 Å². The molecule has 2 atom stereocenters. The van der Waals surface area contributed by atoms with Crippen LogP contribution in [0.2, 0.25) is 0 Å². The number of aliphatic hydroxyl groups is 1. The number of ether oxygens (including phenoxy) is 1. The fourth-order valence-electron chi connectivity index (χ4n) is 3.83. The van der Waals surface area contributed by atoms with Crippen molar-refractivity contribution in [1.29, 1.82) is 0 Å². The lowest BCUT2D eigenvalue weighted by Crippen LogP contribution is -2.27. The van der Waals surface area contributed by atoms with E-state index in [2.05, 4.69) is 31.3 Å². The smallest absolute Gasteiger partial charge is 0.463 e. The number of unbranched alkanes of at least 4 members (excludes halogenated alkanes) is 13. The number of nitrogens with one attached hydrogen (secondary N) is 1. The summed E-state index contributed by atoms with van der Waals surface area (Å²) in [5.74, 6) is -0.535. The molecule has 0 aliphatic heterocycles. The van der Waals surface area contributed by atoms with Crippen LogP contribution in [0.3, 0.4) is 0 Å². The Bertz CT molecular complexity index is 674. The lowest BCUT2D eigenvalue weighted by Gasteiger charge is -2.15. The van der Waals surface area contributed by atoms with Crippen molar-refractivity contribution in [3.05, 3.63) is 12.2 Å². The summed E-state index contributed by atoms with van der Waals surface area (Å²) in [5, 5.41) is 12.5. The van der Waals surface area contributed by atoms with E-state index in [1.165, 1.54) is 51.4 Å². The molecule has 1 amide bonds. The van der Waals surface area contributed by atoms with Gasteiger partial charge in [0.1, 0.15) is 12.7 Å². The van der Waals surface area contributed by atoms with Crippen molar-refractivity contribution in [2.24, 2.45) is 0 Å². The summed E-state index contributed by atoms with van der Waals surface area (Å²) >= 11 is 0. The van der Waals surface area contributed by atoms with Gasteiger partial charge in [0.25, 0.3) is 0 Å². The fraction of sp³-hybridized carbons (Fsp3) is 0.862. The van der Waals surface area contributed by atoms with Gasteiger partial charge in [-0.05, 0) is 32.1 Å². The second-order valence-electron chi connectivity index (χ2n) is 10.1. The predicted molar refractivity (Wildman–Crippen MR) is 155 cm³/mol. The Morgan fingerprint density at radius 1 is 0.769 bits per heavy atom. The van der Waals surface area contributed by atoms with E-state index in [0.29, 0.717) is 6.42 Å². The third-order valence-electron chi connectivity index (χ3n) is 6.20. The molecule has 9 nitrogen and oxygen atoms in total. The predicted octanol–water partition coefficient (Wildman–Crippen LogP) is 6.76. The molecule has 39 heavy (non-hydrogen) atoms. The van der Waals surface area contributed by atoms with Crippen molar-refractivity contribution in [3.8, 4) is 0 Å². The first kappa shape index (κ1) is 37.8. The van der Waals surface area contributed by atoms with Crippen LogP contribution in [0.4, 0.5) is 0 Å². The summed E-state index contributed by atoms with van der Waals surface area (Å²) in [4.78, 5) is 33.4. The Kier molecular flexibility index (Phi) is 26.1. The van der Waals surface area contributed by atoms with E-state index in [9.17, 15) is 24.2 Å². The number of phosphoric acid groups is 1. The number of phosphoric ester groups is 1. The van der Waals surface area contributed by atoms with E-state index in [1.54, 1.807) is 0 Å². The standard InChI is InChI=1S/C29H56NO8P/c1-3-5-7-9-11-12-13-14-16-17-19-21-28(32)30-23-24-37-39(34,35)38-26-27(31)25-36-29(33)22-20-18-15-10-8-6-4-2/h9,11,27,31H,3-8,10,12-26H2,1-2H3,(H,30,32)(H,34,35)/b11-9-. The fourth-order valence-corrected chi connectivity index (χ4v) is 4.59. The zero-order valence-corrected chi connectivity index (χ0v) is 25.5. The SMILES string of the molecule is CCCC/C=C\CCCCCCCC(=O)NCCOP(=O)(O)OCC(O)COC(=O)CCCCCCCCC. The van der Waals surface area contributed by atoms with Crippen LogP contribution >= 0.6 is 7.82 Å². The van der Waals surface area contributed by atoms with Gasteiger partial charge in [-0.1, -0.05) is 96.6 Å². The molecule has 0 radical (unpaired) electrons. The highest BCUT2D eigenvalue weighted by Gasteiger charge is 2.23. The number of hydrogen-bond donors (Lipinski definition) is 3. The van der Waals surface area contributed by atoms with Crippen molar-refractivity contribution < 1.29 is 37.9 Å². The van der Waals surface area contributed by atoms with Crippen molar-refractivity contribution in [3.63, 3.8) is 0 Å². The molecule has 0 fully saturated rings. The van der Waals surface area contributed by atoms with Gasteiger partial charge in [0.15, 0.2) is 0 Å². The van der Waals surface area contributed by atoms with Gasteiger partial charge >= 0.3 is 13.8 Å². The van der Waals surface area contributed by atoms with E-state index in [1.807, 2.05) is 0 Å². The molecule has 0 aromatic rings. The molecule has 0 spiro atoms. The minimum Gasteiger partial charge on any atom is -0.463 e. The summed E-state index contributed by atoms with van der Waals surface area (Å²) in [6, 6.07) is 0. The van der Waals surface area contributed by atoms with Gasteiger partial charge in [-0.3, -0.25) is 18.6 Å². The second-order valence-corrected chi connectivity index (χ2v) is 11.5. The van der Waals surface area contributed by atoms with E-state index >= 15 is 0 Å². The van der Waals surface area contributed by atoms with Crippen molar-refractivity contribution in [2.75, 3.05) is 26.4 Å². The first-order chi connectivity index (χ1) is 18.8. The molecule has 2 unspecified atom stereocenters. The van der Waals surface area contributed by atoms with Crippen LogP contribution in [0.5, 0.6) is 0 Å². The molecule has 3 N–H and O–H groups in total. The third kappa shape index (κ3) is 28.1. The summed E-state index contributed by atoms with van der Waals surface area (Å²) in [6.45, 7) is 3.41. The Labute approximate surface area is 237 Å². The summed E-state index contributed by atoms with van der Waals surface area (Å²) in [7, 11) is -4.39. The highest BCUT2D eigenvalue weighted by molar-refractivity contribution is 7.47. The second kappa shape index (κ2) is 26.9. The molecule has 0 saturated carbocycles. The summed E-state index contributed by atoms with van der Waals surface area (Å²) in [6.07, 6.45) is 21.6. The molecule has 230 valence electrons. The van der Waals surface area contributed by atoms with Gasteiger partial charge in [0.2, 0.25) is 5.91 Å². The number of rotatable bonds is 28. The Morgan fingerprint density at radius 3 is 2.00 bits per heavy atom. The lowest BCUT2D eigenvalue weighted by molar-refractivity contribution is -0.147. The maximum absolute atomic E-state index is 11.9. The van der Waals surface area contributed by atoms with Gasteiger partial charge in [0.05, 0.1) is 13.2 Å². The average Bonchev–Trinajstić information content (AvgIpc) is 2.91. The lowest BCUT2D eigenvalue weighted by atomic mass is 10.1. The highest BCUT2D eigenvalue weighted by Crippen LogP contribution is 2.42. The number of carbonyl (C=O) groups excluding carboxylic acids is 2. The quantitative estimate of drug-likeness (QED) is 0.0402. The number of hydrogen-bond acceptors (Lipinski definition) is 7. The van der Waals surface area contributed by atoms with Gasteiger partial charge in [0, 0.05) is 19.4 Å². The van der Waals surface area contributed by atoms with Crippen LogP contribution < -0.4 is 5.32 Å². The number of carbonyl (C=O) groups is 2. The van der Waals surface area contributed by atoms with E-state index in [4.69, 9.17) is 13.8 Å². The molecule has 10 heteroatoms. The minimum atomic E-state index is -4.39. The third-order valence-corrected chi connectivity index (χ3v) is 7.18. The van der Waals surface area contributed by atoms with E-state index in [0.717, 1.165) is 51.4 Å². The number of amides is 1. The Hall–Kier alpha value is -1.25. The van der Waals surface area contributed by atoms with Gasteiger partial charge in [-0.2, -0.15) is 0 Å². The van der Waals surface area contributed by atoms with Crippen LogP contribution in [-0.2, 0) is 27.9 Å². The highest BCUT2D eigenvalue weighted by atomic mass is 31.2. The molecule has 0 heterocycles. The maximum Gasteiger partial charge on any atom is 0.472 e. The first-order valence-electron chi connectivity index (χ1n) is 15.2. The average molecular weight is 578 g/mol. The molecule has 0 aromatic heterocycles. The molecular weight excluding hydrogens is 521 g/mol. The van der Waals surface area contributed by atoms with Crippen LogP contribution in [0.25, 0.3) is 0 Å². The minimum absolute atomic E-state index is 0.0792. The molecule has 0 aromatic carbocycles. The van der Waals surface area contributed by atoms with Crippen LogP contribution in [0.1, 0.15) is 129 Å². The van der Waals surface area contributed by atoms with Gasteiger partial charge in [-0.15, -0.1) is 0 Å². The van der Waals surface area contributed by atoms with Crippen LogP contribution in [0.15, 0.2) is 12.2 Å². The zero-order chi connectivity index (χ0) is 29.0.